The molecule has 3 nitrogen and oxygen atoms in total. The number of rotatable bonds is 14. The summed E-state index contributed by atoms with van der Waals surface area (Å²) in [5.74, 6) is -52.8. The van der Waals surface area contributed by atoms with E-state index in [4.69, 9.17) is 33.2 Å². The zero-order chi connectivity index (χ0) is 33.1. The van der Waals surface area contributed by atoms with Crippen LogP contribution in [0.5, 0.6) is 0 Å². The number of hydrogen-bond donors (Lipinski definition) is 0. The molecule has 0 N–H and O–H groups in total. The molecule has 0 aromatic heterocycles. The summed E-state index contributed by atoms with van der Waals surface area (Å²) in [4.78, 5) is 0. The summed E-state index contributed by atoms with van der Waals surface area (Å²) in [6.07, 6.45) is -15.7. The molecule has 0 aliphatic carbocycles. The average Bonchev–Trinajstić information content (AvgIpc) is 2.83. The fourth-order valence-corrected chi connectivity index (χ4v) is 4.00. The molecule has 25 heteroatoms. The molecule has 0 saturated carbocycles. The summed E-state index contributed by atoms with van der Waals surface area (Å²) in [7, 11) is -5.17. The standard InChI is InChI=1S/C13H13F17O3Si.C2H3Cl3Si/c1-31-34(32-2,33-3)7(18)9(21,22)11(25,26)13(29,30)12(27,28)10(23,24)8(19,20)5(15)4(14)6(16)17;1-2-6(3,4)5/h4-7H,1-3H3;2H,1H2. The molecular weight excluding hydrogens is 714 g/mol. The molecule has 0 amide bonds. The number of alkyl halides is 17. The quantitative estimate of drug-likeness (QED) is 0.104. The Kier molecular flexibility index (Phi) is 14.2. The summed E-state index contributed by atoms with van der Waals surface area (Å²) in [5, 5.41) is 0. The van der Waals surface area contributed by atoms with Crippen molar-refractivity contribution in [2.24, 2.45) is 0 Å². The van der Waals surface area contributed by atoms with Crippen LogP contribution in [0.1, 0.15) is 0 Å². The highest BCUT2D eigenvalue weighted by atomic mass is 35.8. The number of hydrogen-bond acceptors (Lipinski definition) is 3. The molecular formula is C15H16Cl3F17O3Si2. The van der Waals surface area contributed by atoms with Crippen LogP contribution in [-0.4, -0.2) is 96.2 Å². The lowest BCUT2D eigenvalue weighted by Crippen LogP contribution is -2.75. The van der Waals surface area contributed by atoms with Gasteiger partial charge in [0.2, 0.25) is 12.0 Å². The lowest BCUT2D eigenvalue weighted by atomic mass is 9.89. The molecule has 0 bridgehead atoms. The van der Waals surface area contributed by atoms with Crippen LogP contribution in [0, 0.1) is 0 Å². The maximum absolute atomic E-state index is 14.1. The Morgan fingerprint density at radius 3 is 1.10 bits per heavy atom. The molecule has 242 valence electrons. The molecule has 0 aromatic rings. The molecule has 0 aromatic carbocycles. The summed E-state index contributed by atoms with van der Waals surface area (Å²) in [6, 6.07) is -2.45. The van der Waals surface area contributed by atoms with Crippen LogP contribution in [0.3, 0.4) is 0 Å². The summed E-state index contributed by atoms with van der Waals surface area (Å²) < 4.78 is 240. The van der Waals surface area contributed by atoms with Crippen molar-refractivity contribution in [1.29, 1.82) is 0 Å². The SMILES string of the molecule is C=C[Si](Cl)(Cl)Cl.CO[Si](OC)(OC)C(F)C(F)(F)C(F)(F)C(F)(F)C(F)(F)C(F)(F)C(F)(F)C(F)C(F)C(F)F. The van der Waals surface area contributed by atoms with Crippen LogP contribution in [0.15, 0.2) is 12.3 Å². The summed E-state index contributed by atoms with van der Waals surface area (Å²) in [5.41, 5.74) is 1.37. The van der Waals surface area contributed by atoms with Crippen molar-refractivity contribution in [2.45, 2.75) is 60.1 Å². The second-order valence-corrected chi connectivity index (χ2v) is 18.6. The highest BCUT2D eigenvalue weighted by molar-refractivity contribution is 7.66. The van der Waals surface area contributed by atoms with Gasteiger partial charge < -0.3 is 13.3 Å². The summed E-state index contributed by atoms with van der Waals surface area (Å²) in [6.45, 7) is 3.30. The van der Waals surface area contributed by atoms with E-state index in [1.165, 1.54) is 5.70 Å². The first kappa shape index (κ1) is 41.9. The van der Waals surface area contributed by atoms with Gasteiger partial charge in [-0.15, -0.1) is 39.8 Å². The Hall–Kier alpha value is -0.266. The van der Waals surface area contributed by atoms with Gasteiger partial charge in [0.1, 0.15) is 0 Å². The lowest BCUT2D eigenvalue weighted by Gasteiger charge is -2.43. The van der Waals surface area contributed by atoms with Crippen LogP contribution in [0.25, 0.3) is 0 Å². The minimum absolute atomic E-state index is 0.221. The molecule has 0 heterocycles. The maximum Gasteiger partial charge on any atom is 0.543 e. The molecule has 40 heavy (non-hydrogen) atoms. The van der Waals surface area contributed by atoms with Crippen molar-refractivity contribution in [2.75, 3.05) is 21.3 Å². The van der Waals surface area contributed by atoms with Crippen molar-refractivity contribution in [3.05, 3.63) is 12.3 Å². The smallest absolute Gasteiger partial charge is 0.375 e. The zero-order valence-corrected chi connectivity index (χ0v) is 23.6. The topological polar surface area (TPSA) is 27.7 Å². The third-order valence-corrected chi connectivity index (χ3v) is 9.14. The first-order valence-corrected chi connectivity index (χ1v) is 16.2. The van der Waals surface area contributed by atoms with E-state index in [-0.39, 0.29) is 21.3 Å². The first-order valence-electron chi connectivity index (χ1n) is 9.24. The van der Waals surface area contributed by atoms with E-state index < -0.39 is 74.9 Å². The zero-order valence-electron chi connectivity index (χ0n) is 19.4. The molecule has 0 saturated heterocycles. The average molecular weight is 730 g/mol. The Bertz CT molecular complexity index is 819. The Morgan fingerprint density at radius 2 is 0.875 bits per heavy atom. The predicted octanol–water partition coefficient (Wildman–Crippen LogP) is 7.86. The Labute approximate surface area is 229 Å². The molecule has 0 rings (SSSR count). The Morgan fingerprint density at radius 1 is 0.600 bits per heavy atom. The van der Waals surface area contributed by atoms with Gasteiger partial charge in [0.05, 0.1) is 0 Å². The van der Waals surface area contributed by atoms with Gasteiger partial charge in [-0.2, -0.15) is 52.7 Å². The van der Waals surface area contributed by atoms with E-state index in [0.717, 1.165) is 0 Å². The van der Waals surface area contributed by atoms with Gasteiger partial charge in [-0.3, -0.25) is 0 Å². The second kappa shape index (κ2) is 13.6. The second-order valence-electron chi connectivity index (χ2n) is 7.05. The van der Waals surface area contributed by atoms with Crippen molar-refractivity contribution in [1.82, 2.24) is 0 Å². The first-order chi connectivity index (χ1) is 17.4. The third kappa shape index (κ3) is 7.44. The minimum atomic E-state index is -8.44. The van der Waals surface area contributed by atoms with Crippen LogP contribution >= 0.6 is 33.2 Å². The highest BCUT2D eigenvalue weighted by Crippen LogP contribution is 2.62. The monoisotopic (exact) mass is 728 g/mol. The third-order valence-electron chi connectivity index (χ3n) is 4.60. The van der Waals surface area contributed by atoms with Crippen LogP contribution in [-0.2, 0) is 13.3 Å². The fourth-order valence-electron chi connectivity index (χ4n) is 2.26. The molecule has 0 aliphatic heterocycles. The van der Waals surface area contributed by atoms with Crippen LogP contribution in [0.2, 0.25) is 0 Å². The van der Waals surface area contributed by atoms with E-state index in [1.807, 2.05) is 0 Å². The van der Waals surface area contributed by atoms with Crippen molar-refractivity contribution < 1.29 is 87.9 Å². The van der Waals surface area contributed by atoms with Gasteiger partial charge in [0.25, 0.3) is 6.43 Å². The predicted molar refractivity (Wildman–Crippen MR) is 111 cm³/mol. The lowest BCUT2D eigenvalue weighted by molar-refractivity contribution is -0.433. The van der Waals surface area contributed by atoms with E-state index >= 15 is 0 Å². The summed E-state index contributed by atoms with van der Waals surface area (Å²) >= 11 is 15.8. The molecule has 0 spiro atoms. The van der Waals surface area contributed by atoms with E-state index in [9.17, 15) is 74.6 Å². The van der Waals surface area contributed by atoms with Gasteiger partial charge in [-0.25, -0.2) is 22.0 Å². The van der Waals surface area contributed by atoms with Gasteiger partial charge >= 0.3 is 50.3 Å². The van der Waals surface area contributed by atoms with Gasteiger partial charge in [0.15, 0.2) is 6.17 Å². The van der Waals surface area contributed by atoms with Crippen LogP contribution < -0.4 is 0 Å². The van der Waals surface area contributed by atoms with Gasteiger partial charge in [0, 0.05) is 21.3 Å². The van der Waals surface area contributed by atoms with Gasteiger partial charge in [-0.1, -0.05) is 5.70 Å². The molecule has 0 aliphatic rings. The van der Waals surface area contributed by atoms with Crippen molar-refractivity contribution >= 4 is 48.0 Å². The fraction of sp³-hybridized carbons (Fsp3) is 0.867. The minimum Gasteiger partial charge on any atom is -0.375 e. The molecule has 3 unspecified atom stereocenters. The van der Waals surface area contributed by atoms with Crippen LogP contribution in [0.4, 0.5) is 74.6 Å². The maximum atomic E-state index is 14.1. The molecule has 3 atom stereocenters. The van der Waals surface area contributed by atoms with Crippen molar-refractivity contribution in [3.63, 3.8) is 0 Å². The normalized spacial score (nSPS) is 17.2. The molecule has 0 fully saturated rings. The van der Waals surface area contributed by atoms with Gasteiger partial charge in [-0.05, 0) is 0 Å². The number of halogens is 20. The highest BCUT2D eigenvalue weighted by Gasteiger charge is 2.93. The van der Waals surface area contributed by atoms with E-state index in [0.29, 0.717) is 0 Å². The largest absolute Gasteiger partial charge is 0.543 e. The van der Waals surface area contributed by atoms with E-state index in [1.54, 1.807) is 0 Å². The van der Waals surface area contributed by atoms with E-state index in [2.05, 4.69) is 19.9 Å². The molecule has 0 radical (unpaired) electrons. The van der Waals surface area contributed by atoms with Crippen molar-refractivity contribution in [3.8, 4) is 0 Å². The Balaban J connectivity index is 0.